The number of anilines is 1. The van der Waals surface area contributed by atoms with Gasteiger partial charge in [-0.25, -0.2) is 9.07 Å². The minimum Gasteiger partial charge on any atom is -0.340 e. The van der Waals surface area contributed by atoms with Crippen LogP contribution >= 0.6 is 0 Å². The van der Waals surface area contributed by atoms with Crippen molar-refractivity contribution in [2.75, 3.05) is 5.32 Å². The molecule has 31 heavy (non-hydrogen) atoms. The number of para-hydroxylation sites is 1. The van der Waals surface area contributed by atoms with E-state index in [4.69, 9.17) is 0 Å². The van der Waals surface area contributed by atoms with Crippen LogP contribution < -0.4 is 16.2 Å². The van der Waals surface area contributed by atoms with Crippen molar-refractivity contribution in [2.24, 2.45) is 13.0 Å². The molecule has 0 aliphatic rings. The molecule has 1 unspecified atom stereocenters. The van der Waals surface area contributed by atoms with Gasteiger partial charge in [-0.3, -0.25) is 19.1 Å². The predicted molar refractivity (Wildman–Crippen MR) is 117 cm³/mol. The molecule has 0 fully saturated rings. The van der Waals surface area contributed by atoms with E-state index in [-0.39, 0.29) is 22.7 Å². The second-order valence-electron chi connectivity index (χ2n) is 7.60. The van der Waals surface area contributed by atoms with E-state index in [0.717, 1.165) is 0 Å². The molecule has 7 nitrogen and oxygen atoms in total. The Morgan fingerprint density at radius 2 is 1.61 bits per heavy atom. The van der Waals surface area contributed by atoms with Crippen LogP contribution in [0.25, 0.3) is 5.69 Å². The number of nitrogens with one attached hydrogen (secondary N) is 2. The first-order valence-corrected chi connectivity index (χ1v) is 9.92. The van der Waals surface area contributed by atoms with E-state index < -0.39 is 23.7 Å². The van der Waals surface area contributed by atoms with Crippen LogP contribution in [-0.4, -0.2) is 27.2 Å². The maximum absolute atomic E-state index is 13.9. The Kier molecular flexibility index (Phi) is 6.39. The minimum absolute atomic E-state index is 0.127. The Morgan fingerprint density at radius 1 is 1.00 bits per heavy atom. The van der Waals surface area contributed by atoms with Gasteiger partial charge in [-0.15, -0.1) is 0 Å². The lowest BCUT2D eigenvalue weighted by Crippen LogP contribution is -2.47. The van der Waals surface area contributed by atoms with Crippen LogP contribution in [0.1, 0.15) is 29.9 Å². The van der Waals surface area contributed by atoms with Crippen molar-refractivity contribution in [1.82, 2.24) is 14.7 Å². The molecule has 1 aromatic heterocycles. The van der Waals surface area contributed by atoms with Crippen LogP contribution in [0, 0.1) is 18.7 Å². The first-order valence-electron chi connectivity index (χ1n) is 9.92. The number of nitrogens with zero attached hydrogens (tertiary/aromatic N) is 2. The van der Waals surface area contributed by atoms with E-state index in [0.29, 0.717) is 11.4 Å². The van der Waals surface area contributed by atoms with Crippen LogP contribution in [-0.2, 0) is 11.8 Å². The zero-order valence-electron chi connectivity index (χ0n) is 17.8. The molecule has 0 saturated heterocycles. The van der Waals surface area contributed by atoms with E-state index in [1.165, 1.54) is 22.9 Å². The highest BCUT2D eigenvalue weighted by Gasteiger charge is 2.28. The van der Waals surface area contributed by atoms with E-state index in [1.54, 1.807) is 50.7 Å². The number of hydrogen-bond acceptors (Lipinski definition) is 3. The summed E-state index contributed by atoms with van der Waals surface area (Å²) in [7, 11) is 1.72. The fraction of sp³-hybridized carbons (Fsp3) is 0.261. The molecule has 0 aliphatic carbocycles. The van der Waals surface area contributed by atoms with Crippen LogP contribution in [0.5, 0.6) is 0 Å². The number of rotatable bonds is 6. The van der Waals surface area contributed by atoms with Gasteiger partial charge in [-0.1, -0.05) is 44.2 Å². The number of halogens is 1. The lowest BCUT2D eigenvalue weighted by molar-refractivity contribution is -0.118. The average Bonchev–Trinajstić information content (AvgIpc) is 2.95. The summed E-state index contributed by atoms with van der Waals surface area (Å²) in [6, 6.07) is 13.6. The predicted octanol–water partition coefficient (Wildman–Crippen LogP) is 3.02. The van der Waals surface area contributed by atoms with Crippen LogP contribution in [0.15, 0.2) is 59.4 Å². The lowest BCUT2D eigenvalue weighted by atomic mass is 10.0. The van der Waals surface area contributed by atoms with Gasteiger partial charge in [0.1, 0.15) is 17.5 Å². The summed E-state index contributed by atoms with van der Waals surface area (Å²) >= 11 is 0. The molecule has 0 bridgehead atoms. The molecule has 162 valence electrons. The molecule has 1 atom stereocenters. The summed E-state index contributed by atoms with van der Waals surface area (Å²) in [6.45, 7) is 5.23. The Morgan fingerprint density at radius 3 is 2.23 bits per heavy atom. The number of carbonyl (C=O) groups excluding carboxylic acids is 2. The molecular formula is C23H25FN4O3. The van der Waals surface area contributed by atoms with Gasteiger partial charge in [-0.05, 0) is 37.1 Å². The van der Waals surface area contributed by atoms with Gasteiger partial charge in [0.2, 0.25) is 5.91 Å². The zero-order chi connectivity index (χ0) is 22.7. The van der Waals surface area contributed by atoms with Crippen molar-refractivity contribution >= 4 is 17.5 Å². The highest BCUT2D eigenvalue weighted by Crippen LogP contribution is 2.16. The maximum Gasteiger partial charge on any atom is 0.295 e. The van der Waals surface area contributed by atoms with Crippen LogP contribution in [0.4, 0.5) is 10.1 Å². The highest BCUT2D eigenvalue weighted by atomic mass is 19.1. The first kappa shape index (κ1) is 22.0. The number of aromatic nitrogens is 2. The van der Waals surface area contributed by atoms with Crippen LogP contribution in [0.2, 0.25) is 0 Å². The molecule has 2 amide bonds. The molecule has 0 spiro atoms. The molecular weight excluding hydrogens is 399 g/mol. The van der Waals surface area contributed by atoms with Crippen LogP contribution in [0.3, 0.4) is 0 Å². The summed E-state index contributed by atoms with van der Waals surface area (Å²) in [5.41, 5.74) is 0.810. The average molecular weight is 424 g/mol. The largest absolute Gasteiger partial charge is 0.340 e. The standard InChI is InChI=1S/C23H25FN4O3/c1-14(2)19(25-21(29)17-12-8-9-13-18(17)24)22(30)26-20-15(3)27(4)28(23(20)31)16-10-6-5-7-11-16/h5-14,19H,1-4H3,(H,25,29)(H,26,30). The SMILES string of the molecule is Cc1c(NC(=O)C(NC(=O)c2ccccc2F)C(C)C)c(=O)n(-c2ccccc2)n1C. The fourth-order valence-electron chi connectivity index (χ4n) is 3.31. The second-order valence-corrected chi connectivity index (χ2v) is 7.60. The van der Waals surface area contributed by atoms with Gasteiger partial charge in [0.15, 0.2) is 0 Å². The van der Waals surface area contributed by atoms with Crippen molar-refractivity contribution in [3.05, 3.63) is 82.0 Å². The normalized spacial score (nSPS) is 11.9. The topological polar surface area (TPSA) is 85.1 Å². The summed E-state index contributed by atoms with van der Waals surface area (Å²) < 4.78 is 17.0. The Bertz CT molecular complexity index is 1170. The molecule has 3 aromatic rings. The molecule has 3 rings (SSSR count). The van der Waals surface area contributed by atoms with Crippen molar-refractivity contribution in [1.29, 1.82) is 0 Å². The Balaban J connectivity index is 1.88. The second kappa shape index (κ2) is 8.99. The van der Waals surface area contributed by atoms with Gasteiger partial charge >= 0.3 is 0 Å². The molecule has 0 aliphatic heterocycles. The Labute approximate surface area is 179 Å². The maximum atomic E-state index is 13.9. The zero-order valence-corrected chi connectivity index (χ0v) is 17.8. The number of amides is 2. The summed E-state index contributed by atoms with van der Waals surface area (Å²) in [4.78, 5) is 38.5. The van der Waals surface area contributed by atoms with E-state index in [2.05, 4.69) is 10.6 Å². The third-order valence-corrected chi connectivity index (χ3v) is 5.16. The summed E-state index contributed by atoms with van der Waals surface area (Å²) in [5.74, 6) is -2.22. The molecule has 2 aromatic carbocycles. The quantitative estimate of drug-likeness (QED) is 0.638. The first-order chi connectivity index (χ1) is 14.7. The van der Waals surface area contributed by atoms with Gasteiger partial charge in [-0.2, -0.15) is 0 Å². The van der Waals surface area contributed by atoms with Crippen molar-refractivity contribution in [3.8, 4) is 5.69 Å². The smallest absolute Gasteiger partial charge is 0.295 e. The van der Waals surface area contributed by atoms with Crippen molar-refractivity contribution < 1.29 is 14.0 Å². The minimum atomic E-state index is -0.962. The fourth-order valence-corrected chi connectivity index (χ4v) is 3.31. The number of benzene rings is 2. The third-order valence-electron chi connectivity index (χ3n) is 5.16. The highest BCUT2D eigenvalue weighted by molar-refractivity contribution is 6.01. The van der Waals surface area contributed by atoms with Gasteiger partial charge in [0.05, 0.1) is 16.9 Å². The molecule has 1 heterocycles. The molecule has 0 radical (unpaired) electrons. The number of hydrogen-bond donors (Lipinski definition) is 2. The van der Waals surface area contributed by atoms with Crippen molar-refractivity contribution in [2.45, 2.75) is 26.8 Å². The third kappa shape index (κ3) is 4.42. The Hall–Kier alpha value is -3.68. The van der Waals surface area contributed by atoms with E-state index >= 15 is 0 Å². The summed E-state index contributed by atoms with van der Waals surface area (Å²) in [5, 5.41) is 5.24. The lowest BCUT2D eigenvalue weighted by Gasteiger charge is -2.21. The molecule has 8 heteroatoms. The summed E-state index contributed by atoms with van der Waals surface area (Å²) in [6.07, 6.45) is 0. The monoisotopic (exact) mass is 424 g/mol. The molecule has 2 N–H and O–H groups in total. The van der Waals surface area contributed by atoms with E-state index in [9.17, 15) is 18.8 Å². The van der Waals surface area contributed by atoms with Gasteiger partial charge in [0.25, 0.3) is 11.5 Å². The number of carbonyl (C=O) groups is 2. The van der Waals surface area contributed by atoms with Gasteiger partial charge in [0, 0.05) is 7.05 Å². The van der Waals surface area contributed by atoms with Crippen molar-refractivity contribution in [3.63, 3.8) is 0 Å². The molecule has 0 saturated carbocycles. The van der Waals surface area contributed by atoms with E-state index in [1.807, 2.05) is 18.2 Å². The van der Waals surface area contributed by atoms with Gasteiger partial charge < -0.3 is 10.6 Å².